The van der Waals surface area contributed by atoms with Crippen molar-refractivity contribution in [3.8, 4) is 0 Å². The molecule has 2 nitrogen and oxygen atoms in total. The fourth-order valence-corrected chi connectivity index (χ4v) is 3.47. The Hall–Kier alpha value is -0.790. The molecule has 0 N–H and O–H groups in total. The third-order valence-corrected chi connectivity index (χ3v) is 5.11. The Morgan fingerprint density at radius 2 is 1.25 bits per heavy atom. The SMILES string of the molecule is CCCCCC/C=C/CCCCCCCCCC(=O)N1CCCC1. The van der Waals surface area contributed by atoms with E-state index in [0.29, 0.717) is 5.91 Å². The van der Waals surface area contributed by atoms with Gasteiger partial charge in [0.2, 0.25) is 5.91 Å². The summed E-state index contributed by atoms with van der Waals surface area (Å²) in [6.45, 7) is 4.28. The highest BCUT2D eigenvalue weighted by Crippen LogP contribution is 2.13. The van der Waals surface area contributed by atoms with Crippen LogP contribution in [0.2, 0.25) is 0 Å². The summed E-state index contributed by atoms with van der Waals surface area (Å²) in [5.41, 5.74) is 0. The third-order valence-electron chi connectivity index (χ3n) is 5.11. The molecule has 0 spiro atoms. The molecule has 1 rings (SSSR count). The number of hydrogen-bond acceptors (Lipinski definition) is 1. The molecule has 0 aromatic rings. The molecule has 1 fully saturated rings. The number of unbranched alkanes of at least 4 members (excludes halogenated alkanes) is 11. The minimum atomic E-state index is 0.397. The maximum absolute atomic E-state index is 11.9. The van der Waals surface area contributed by atoms with Gasteiger partial charge in [0.15, 0.2) is 0 Å². The lowest BCUT2D eigenvalue weighted by atomic mass is 10.1. The van der Waals surface area contributed by atoms with Crippen molar-refractivity contribution in [1.29, 1.82) is 0 Å². The Bertz CT molecular complexity index is 318. The van der Waals surface area contributed by atoms with Crippen LogP contribution >= 0.6 is 0 Å². The molecule has 0 atom stereocenters. The first-order valence-electron chi connectivity index (χ1n) is 10.8. The summed E-state index contributed by atoms with van der Waals surface area (Å²) in [6.07, 6.45) is 25.0. The second-order valence-corrected chi connectivity index (χ2v) is 7.42. The molecule has 0 saturated carbocycles. The Morgan fingerprint density at radius 1 is 0.750 bits per heavy atom. The summed E-state index contributed by atoms with van der Waals surface area (Å²) < 4.78 is 0. The number of rotatable bonds is 15. The highest BCUT2D eigenvalue weighted by Gasteiger charge is 2.16. The van der Waals surface area contributed by atoms with Crippen molar-refractivity contribution in [3.05, 3.63) is 12.2 Å². The number of amides is 1. The van der Waals surface area contributed by atoms with Gasteiger partial charge in [0.05, 0.1) is 0 Å². The van der Waals surface area contributed by atoms with Crippen LogP contribution in [0.25, 0.3) is 0 Å². The molecule has 24 heavy (non-hydrogen) atoms. The summed E-state index contributed by atoms with van der Waals surface area (Å²) in [5, 5.41) is 0. The van der Waals surface area contributed by atoms with Crippen LogP contribution in [0.4, 0.5) is 0 Å². The Kier molecular flexibility index (Phi) is 13.9. The molecule has 0 unspecified atom stereocenters. The number of nitrogens with zero attached hydrogens (tertiary/aromatic N) is 1. The Balaban J connectivity index is 1.76. The molecule has 1 amide bonds. The van der Waals surface area contributed by atoms with E-state index in [2.05, 4.69) is 24.0 Å². The van der Waals surface area contributed by atoms with Gasteiger partial charge < -0.3 is 4.90 Å². The molecule has 0 aromatic heterocycles. The number of carbonyl (C=O) groups is 1. The van der Waals surface area contributed by atoms with E-state index in [1.807, 2.05) is 0 Å². The second-order valence-electron chi connectivity index (χ2n) is 7.42. The maximum Gasteiger partial charge on any atom is 0.222 e. The van der Waals surface area contributed by atoms with Crippen molar-refractivity contribution in [3.63, 3.8) is 0 Å². The van der Waals surface area contributed by atoms with E-state index in [9.17, 15) is 4.79 Å². The molecule has 140 valence electrons. The third kappa shape index (κ3) is 11.7. The van der Waals surface area contributed by atoms with Crippen molar-refractivity contribution in [2.45, 2.75) is 110 Å². The first-order chi connectivity index (χ1) is 11.8. The van der Waals surface area contributed by atoms with Gasteiger partial charge in [-0.3, -0.25) is 4.79 Å². The smallest absolute Gasteiger partial charge is 0.222 e. The van der Waals surface area contributed by atoms with Crippen LogP contribution in [0.5, 0.6) is 0 Å². The number of hydrogen-bond donors (Lipinski definition) is 0. The van der Waals surface area contributed by atoms with E-state index < -0.39 is 0 Å². The molecule has 1 saturated heterocycles. The van der Waals surface area contributed by atoms with Gasteiger partial charge in [0.25, 0.3) is 0 Å². The predicted octanol–water partition coefficient (Wildman–Crippen LogP) is 6.65. The van der Waals surface area contributed by atoms with Gasteiger partial charge >= 0.3 is 0 Å². The quantitative estimate of drug-likeness (QED) is 0.242. The van der Waals surface area contributed by atoms with Gasteiger partial charge in [0, 0.05) is 19.5 Å². The van der Waals surface area contributed by atoms with Crippen LogP contribution in [-0.4, -0.2) is 23.9 Å². The molecule has 1 heterocycles. The van der Waals surface area contributed by atoms with E-state index in [-0.39, 0.29) is 0 Å². The lowest BCUT2D eigenvalue weighted by molar-refractivity contribution is -0.130. The zero-order valence-electron chi connectivity index (χ0n) is 16.2. The van der Waals surface area contributed by atoms with E-state index >= 15 is 0 Å². The summed E-state index contributed by atoms with van der Waals surface area (Å²) in [5.74, 6) is 0.397. The zero-order valence-corrected chi connectivity index (χ0v) is 16.2. The van der Waals surface area contributed by atoms with E-state index in [4.69, 9.17) is 0 Å². The van der Waals surface area contributed by atoms with Crippen LogP contribution in [0, 0.1) is 0 Å². The average molecular weight is 336 g/mol. The Labute approximate surface area is 151 Å². The summed E-state index contributed by atoms with van der Waals surface area (Å²) >= 11 is 0. The van der Waals surface area contributed by atoms with E-state index in [1.54, 1.807) is 0 Å². The van der Waals surface area contributed by atoms with Crippen LogP contribution in [0.15, 0.2) is 12.2 Å². The Morgan fingerprint density at radius 3 is 1.83 bits per heavy atom. The fourth-order valence-electron chi connectivity index (χ4n) is 3.47. The summed E-state index contributed by atoms with van der Waals surface area (Å²) in [6, 6.07) is 0. The number of carbonyl (C=O) groups excluding carboxylic acids is 1. The van der Waals surface area contributed by atoms with Crippen molar-refractivity contribution >= 4 is 5.91 Å². The largest absolute Gasteiger partial charge is 0.343 e. The zero-order chi connectivity index (χ0) is 17.3. The average Bonchev–Trinajstić information content (AvgIpc) is 3.13. The molecular weight excluding hydrogens is 294 g/mol. The lowest BCUT2D eigenvalue weighted by Gasteiger charge is -2.14. The number of likely N-dealkylation sites (tertiary alicyclic amines) is 1. The first-order valence-corrected chi connectivity index (χ1v) is 10.8. The molecule has 0 aliphatic carbocycles. The highest BCUT2D eigenvalue weighted by molar-refractivity contribution is 5.76. The van der Waals surface area contributed by atoms with Crippen molar-refractivity contribution in [2.75, 3.05) is 13.1 Å². The van der Waals surface area contributed by atoms with Gasteiger partial charge in [-0.25, -0.2) is 0 Å². The van der Waals surface area contributed by atoms with Crippen molar-refractivity contribution in [1.82, 2.24) is 4.90 Å². The topological polar surface area (TPSA) is 20.3 Å². The van der Waals surface area contributed by atoms with Crippen molar-refractivity contribution < 1.29 is 4.79 Å². The minimum absolute atomic E-state index is 0.397. The van der Waals surface area contributed by atoms with Gasteiger partial charge in [-0.15, -0.1) is 0 Å². The van der Waals surface area contributed by atoms with E-state index in [0.717, 1.165) is 25.9 Å². The van der Waals surface area contributed by atoms with Gasteiger partial charge in [-0.2, -0.15) is 0 Å². The molecule has 1 aliphatic rings. The fraction of sp³-hybridized carbons (Fsp3) is 0.864. The molecule has 1 aliphatic heterocycles. The highest BCUT2D eigenvalue weighted by atomic mass is 16.2. The van der Waals surface area contributed by atoms with Crippen LogP contribution in [0.3, 0.4) is 0 Å². The lowest BCUT2D eigenvalue weighted by Crippen LogP contribution is -2.27. The molecule has 0 bridgehead atoms. The minimum Gasteiger partial charge on any atom is -0.343 e. The van der Waals surface area contributed by atoms with Crippen LogP contribution in [-0.2, 0) is 4.79 Å². The van der Waals surface area contributed by atoms with Crippen molar-refractivity contribution in [2.24, 2.45) is 0 Å². The molecule has 0 aromatic carbocycles. The van der Waals surface area contributed by atoms with Gasteiger partial charge in [0.1, 0.15) is 0 Å². The van der Waals surface area contributed by atoms with Gasteiger partial charge in [-0.1, -0.05) is 70.4 Å². The number of allylic oxidation sites excluding steroid dienone is 2. The van der Waals surface area contributed by atoms with E-state index in [1.165, 1.54) is 89.9 Å². The molecule has 0 radical (unpaired) electrons. The summed E-state index contributed by atoms with van der Waals surface area (Å²) in [7, 11) is 0. The monoisotopic (exact) mass is 335 g/mol. The molecule has 2 heteroatoms. The standard InChI is InChI=1S/C22H41NO/c1-2-3-4-5-6-7-8-9-10-11-12-13-14-15-16-19-22(24)23-20-17-18-21-23/h7-8H,2-6,9-21H2,1H3/b8-7+. The van der Waals surface area contributed by atoms with Gasteiger partial charge in [-0.05, 0) is 44.9 Å². The second kappa shape index (κ2) is 15.7. The maximum atomic E-state index is 11.9. The molecular formula is C22H41NO. The predicted molar refractivity (Wildman–Crippen MR) is 105 cm³/mol. The summed E-state index contributed by atoms with van der Waals surface area (Å²) in [4.78, 5) is 14.0. The van der Waals surface area contributed by atoms with Crippen LogP contribution in [0.1, 0.15) is 110 Å². The van der Waals surface area contributed by atoms with Crippen LogP contribution < -0.4 is 0 Å². The first kappa shape index (κ1) is 21.3. The normalized spacial score (nSPS) is 14.8.